The molecule has 2 aliphatic carbocycles. The molecule has 2 unspecified atom stereocenters. The summed E-state index contributed by atoms with van der Waals surface area (Å²) in [7, 11) is 0. The molecular weight excluding hydrogens is 328 g/mol. The van der Waals surface area contributed by atoms with E-state index in [0.29, 0.717) is 10.6 Å². The van der Waals surface area contributed by atoms with Gasteiger partial charge in [0.05, 0.1) is 11.8 Å². The molecular formula is C17H14N2O6. The average Bonchev–Trinajstić information content (AvgIpc) is 3.30. The maximum absolute atomic E-state index is 12.4. The van der Waals surface area contributed by atoms with Gasteiger partial charge in [-0.2, -0.15) is 0 Å². The number of hydrogen-bond acceptors (Lipinski definition) is 7. The summed E-state index contributed by atoms with van der Waals surface area (Å²) in [5.74, 6) is -1.74. The summed E-state index contributed by atoms with van der Waals surface area (Å²) in [5, 5.41) is 3.31. The smallest absolute Gasteiger partial charge is 0.428 e. The Balaban J connectivity index is 1.36. The quantitative estimate of drug-likeness (QED) is 0.360. The Morgan fingerprint density at radius 2 is 1.68 bits per heavy atom. The highest BCUT2D eigenvalue weighted by Gasteiger charge is 2.61. The molecule has 2 bridgehead atoms. The Labute approximate surface area is 142 Å². The molecule has 128 valence electrons. The van der Waals surface area contributed by atoms with E-state index in [0.717, 1.165) is 6.42 Å². The minimum atomic E-state index is -1.13. The van der Waals surface area contributed by atoms with Crippen LogP contribution in [0.5, 0.6) is 0 Å². The van der Waals surface area contributed by atoms with Crippen molar-refractivity contribution in [1.82, 2.24) is 5.06 Å². The number of benzene rings is 1. The van der Waals surface area contributed by atoms with Crippen LogP contribution in [-0.2, 0) is 25.8 Å². The predicted molar refractivity (Wildman–Crippen MR) is 82.7 cm³/mol. The lowest BCUT2D eigenvalue weighted by atomic mass is 9.85. The SMILES string of the molecule is O=Nc1ccc(COC(=O)ON2C(=O)[C@@H]3C4C=CC(C4)[C@@H]3C2=O)cc1. The standard InChI is InChI=1S/C17H14N2O6/c20-15-13-10-3-4-11(7-10)14(13)16(21)19(15)25-17(22)24-8-9-1-5-12(18-23)6-2-9/h1-6,10-11,13-14H,7-8H2/t10?,11?,13-,14+. The van der Waals surface area contributed by atoms with Crippen molar-refractivity contribution in [2.75, 3.05) is 0 Å². The van der Waals surface area contributed by atoms with Crippen LogP contribution in [0, 0.1) is 28.6 Å². The van der Waals surface area contributed by atoms with E-state index < -0.39 is 29.8 Å². The number of allylic oxidation sites excluding steroid dienone is 2. The molecule has 1 saturated heterocycles. The van der Waals surface area contributed by atoms with Crippen molar-refractivity contribution in [3.63, 3.8) is 0 Å². The molecule has 1 aromatic carbocycles. The number of carbonyl (C=O) groups is 3. The van der Waals surface area contributed by atoms with E-state index in [9.17, 15) is 19.3 Å². The lowest BCUT2D eigenvalue weighted by Gasteiger charge is -2.15. The number of fused-ring (bicyclic) bond motifs is 5. The summed E-state index contributed by atoms with van der Waals surface area (Å²) in [6.07, 6.45) is 3.59. The summed E-state index contributed by atoms with van der Waals surface area (Å²) in [4.78, 5) is 51.7. The van der Waals surface area contributed by atoms with Crippen molar-refractivity contribution in [1.29, 1.82) is 0 Å². The molecule has 1 aromatic rings. The number of imide groups is 1. The van der Waals surface area contributed by atoms with E-state index in [1.807, 2.05) is 12.2 Å². The van der Waals surface area contributed by atoms with Crippen LogP contribution in [0.3, 0.4) is 0 Å². The van der Waals surface area contributed by atoms with Crippen LogP contribution in [0.1, 0.15) is 12.0 Å². The molecule has 1 saturated carbocycles. The fraction of sp³-hybridized carbons (Fsp3) is 0.353. The molecule has 1 aliphatic heterocycles. The fourth-order valence-electron chi connectivity index (χ4n) is 3.86. The Morgan fingerprint density at radius 3 is 2.24 bits per heavy atom. The van der Waals surface area contributed by atoms with E-state index in [1.54, 1.807) is 12.1 Å². The highest BCUT2D eigenvalue weighted by Crippen LogP contribution is 2.52. The zero-order chi connectivity index (χ0) is 17.6. The van der Waals surface area contributed by atoms with Gasteiger partial charge in [-0.05, 0) is 41.1 Å². The molecule has 4 atom stereocenters. The Hall–Kier alpha value is -3.03. The molecule has 2 fully saturated rings. The number of hydrogen-bond donors (Lipinski definition) is 0. The second kappa shape index (κ2) is 5.80. The number of carbonyl (C=O) groups excluding carboxylic acids is 3. The average molecular weight is 342 g/mol. The van der Waals surface area contributed by atoms with Gasteiger partial charge < -0.3 is 4.74 Å². The number of rotatable bonds is 4. The van der Waals surface area contributed by atoms with E-state index in [4.69, 9.17) is 9.57 Å². The molecule has 0 radical (unpaired) electrons. The van der Waals surface area contributed by atoms with Gasteiger partial charge in [-0.3, -0.25) is 14.4 Å². The van der Waals surface area contributed by atoms with Crippen molar-refractivity contribution in [3.05, 3.63) is 46.9 Å². The minimum absolute atomic E-state index is 0.0426. The monoisotopic (exact) mass is 342 g/mol. The van der Waals surface area contributed by atoms with Crippen molar-refractivity contribution >= 4 is 23.7 Å². The third-order valence-corrected chi connectivity index (χ3v) is 4.99. The highest BCUT2D eigenvalue weighted by molar-refractivity contribution is 6.05. The van der Waals surface area contributed by atoms with Gasteiger partial charge in [-0.15, -0.1) is 4.91 Å². The number of ether oxygens (including phenoxy) is 1. The topological polar surface area (TPSA) is 102 Å². The van der Waals surface area contributed by atoms with Crippen LogP contribution in [0.4, 0.5) is 10.5 Å². The largest absolute Gasteiger partial charge is 0.534 e. The van der Waals surface area contributed by atoms with Crippen LogP contribution in [0.2, 0.25) is 0 Å². The van der Waals surface area contributed by atoms with Gasteiger partial charge in [0, 0.05) is 0 Å². The highest BCUT2D eigenvalue weighted by atomic mass is 16.8. The van der Waals surface area contributed by atoms with Gasteiger partial charge in [0.15, 0.2) is 0 Å². The number of hydroxylamine groups is 2. The number of nitrogens with zero attached hydrogens (tertiary/aromatic N) is 2. The van der Waals surface area contributed by atoms with E-state index in [2.05, 4.69) is 5.18 Å². The Kier molecular flexibility index (Phi) is 3.60. The summed E-state index contributed by atoms with van der Waals surface area (Å²) in [5.41, 5.74) is 0.872. The van der Waals surface area contributed by atoms with Crippen molar-refractivity contribution in [2.24, 2.45) is 28.8 Å². The first-order chi connectivity index (χ1) is 12.1. The first-order valence-electron chi connectivity index (χ1n) is 7.91. The molecule has 3 aliphatic rings. The van der Waals surface area contributed by atoms with Gasteiger partial charge in [0.1, 0.15) is 12.3 Å². The zero-order valence-corrected chi connectivity index (χ0v) is 13.0. The minimum Gasteiger partial charge on any atom is -0.428 e. The second-order valence-corrected chi connectivity index (χ2v) is 6.36. The zero-order valence-electron chi connectivity index (χ0n) is 13.0. The molecule has 0 N–H and O–H groups in total. The maximum atomic E-state index is 12.4. The van der Waals surface area contributed by atoms with Crippen molar-refractivity contribution in [3.8, 4) is 0 Å². The predicted octanol–water partition coefficient (Wildman–Crippen LogP) is 2.46. The first kappa shape index (κ1) is 15.5. The third kappa shape index (κ3) is 2.50. The van der Waals surface area contributed by atoms with Gasteiger partial charge in [-0.25, -0.2) is 4.79 Å². The van der Waals surface area contributed by atoms with Crippen LogP contribution in [0.25, 0.3) is 0 Å². The molecule has 8 heteroatoms. The van der Waals surface area contributed by atoms with Crippen LogP contribution in [-0.4, -0.2) is 23.0 Å². The van der Waals surface area contributed by atoms with Gasteiger partial charge in [0.2, 0.25) is 0 Å². The van der Waals surface area contributed by atoms with E-state index in [-0.39, 0.29) is 24.1 Å². The molecule has 2 amide bonds. The van der Waals surface area contributed by atoms with E-state index in [1.165, 1.54) is 12.1 Å². The van der Waals surface area contributed by atoms with E-state index >= 15 is 0 Å². The molecule has 8 nitrogen and oxygen atoms in total. The third-order valence-electron chi connectivity index (χ3n) is 4.99. The van der Waals surface area contributed by atoms with Crippen LogP contribution in [0.15, 0.2) is 41.6 Å². The van der Waals surface area contributed by atoms with Crippen LogP contribution < -0.4 is 0 Å². The lowest BCUT2D eigenvalue weighted by molar-refractivity contribution is -0.180. The summed E-state index contributed by atoms with van der Waals surface area (Å²) in [6.45, 7) is -0.117. The Morgan fingerprint density at radius 1 is 1.08 bits per heavy atom. The van der Waals surface area contributed by atoms with Gasteiger partial charge in [-0.1, -0.05) is 29.3 Å². The lowest BCUT2D eigenvalue weighted by Crippen LogP contribution is -2.35. The normalized spacial score (nSPS) is 29.0. The Bertz CT molecular complexity index is 757. The molecule has 0 spiro atoms. The van der Waals surface area contributed by atoms with Crippen molar-refractivity contribution < 1.29 is 24.0 Å². The first-order valence-corrected chi connectivity index (χ1v) is 7.91. The fourth-order valence-corrected chi connectivity index (χ4v) is 3.86. The second-order valence-electron chi connectivity index (χ2n) is 6.36. The summed E-state index contributed by atoms with van der Waals surface area (Å²) >= 11 is 0. The molecule has 0 aromatic heterocycles. The van der Waals surface area contributed by atoms with Gasteiger partial charge in [0.25, 0.3) is 11.8 Å². The number of nitroso groups, excluding NO2 is 1. The van der Waals surface area contributed by atoms with Crippen molar-refractivity contribution in [2.45, 2.75) is 13.0 Å². The molecule has 1 heterocycles. The summed E-state index contributed by atoms with van der Waals surface area (Å²) in [6, 6.07) is 6.11. The maximum Gasteiger partial charge on any atom is 0.534 e. The van der Waals surface area contributed by atoms with Crippen LogP contribution >= 0.6 is 0 Å². The number of amides is 2. The van der Waals surface area contributed by atoms with Gasteiger partial charge >= 0.3 is 6.16 Å². The molecule has 25 heavy (non-hydrogen) atoms. The summed E-state index contributed by atoms with van der Waals surface area (Å²) < 4.78 is 4.92. The molecule has 4 rings (SSSR count).